The Morgan fingerprint density at radius 3 is 2.50 bits per heavy atom. The molecule has 0 aliphatic heterocycles. The van der Waals surface area contributed by atoms with Crippen LogP contribution in [0.4, 0.5) is 0 Å². The summed E-state index contributed by atoms with van der Waals surface area (Å²) in [7, 11) is 0. The van der Waals surface area contributed by atoms with Gasteiger partial charge in [-0.3, -0.25) is 9.59 Å². The third kappa shape index (κ3) is 2.33. The Morgan fingerprint density at radius 1 is 1.11 bits per heavy atom. The van der Waals surface area contributed by atoms with E-state index in [4.69, 9.17) is 4.74 Å². The average molecular weight is 389 g/mol. The second kappa shape index (κ2) is 6.17. The molecule has 156 valence electrons. The van der Waals surface area contributed by atoms with Crippen LogP contribution in [-0.2, 0) is 14.3 Å². The maximum absolute atomic E-state index is 13.0. The highest BCUT2D eigenvalue weighted by Crippen LogP contribution is 2.73. The van der Waals surface area contributed by atoms with Gasteiger partial charge in [0.25, 0.3) is 0 Å². The molecule has 0 heterocycles. The number of carbonyl (C=O) groups excluding carboxylic acids is 2. The number of carbonyl (C=O) groups is 2. The minimum absolute atomic E-state index is 0.0338. The van der Waals surface area contributed by atoms with Crippen LogP contribution in [0.2, 0.25) is 0 Å². The first kappa shape index (κ1) is 20.1. The minimum Gasteiger partial charge on any atom is -0.465 e. The molecule has 4 nitrogen and oxygen atoms in total. The summed E-state index contributed by atoms with van der Waals surface area (Å²) in [6.45, 7) is 10.7. The number of aliphatic hydroxyl groups is 1. The first-order valence-electron chi connectivity index (χ1n) is 11.0. The number of allylic oxidation sites excluding steroid dienone is 1. The highest BCUT2D eigenvalue weighted by Gasteiger charge is 2.69. The molecular formula is C24H36O4. The highest BCUT2D eigenvalue weighted by atomic mass is 16.5. The third-order valence-electron chi connectivity index (χ3n) is 10.1. The van der Waals surface area contributed by atoms with Crippen molar-refractivity contribution in [1.29, 1.82) is 0 Å². The molecule has 0 radical (unpaired) electrons. The van der Waals surface area contributed by atoms with Gasteiger partial charge in [0, 0.05) is 18.8 Å². The Labute approximate surface area is 169 Å². The molecule has 0 amide bonds. The smallest absolute Gasteiger partial charge is 0.302 e. The van der Waals surface area contributed by atoms with Gasteiger partial charge in [0.1, 0.15) is 12.4 Å². The van der Waals surface area contributed by atoms with Gasteiger partial charge in [-0.1, -0.05) is 32.9 Å². The van der Waals surface area contributed by atoms with Crippen molar-refractivity contribution >= 4 is 11.8 Å². The zero-order valence-electron chi connectivity index (χ0n) is 18.1. The molecule has 8 atom stereocenters. The summed E-state index contributed by atoms with van der Waals surface area (Å²) in [4.78, 5) is 24.5. The molecule has 0 aromatic rings. The number of esters is 1. The van der Waals surface area contributed by atoms with E-state index in [0.717, 1.165) is 32.1 Å². The molecule has 4 rings (SSSR count). The summed E-state index contributed by atoms with van der Waals surface area (Å²) in [6, 6.07) is 0. The van der Waals surface area contributed by atoms with E-state index in [0.29, 0.717) is 18.3 Å². The van der Waals surface area contributed by atoms with Crippen LogP contribution in [-0.4, -0.2) is 29.6 Å². The molecule has 1 N–H and O–H groups in total. The number of Topliss-reactive ketones (excluding diaryl/α,β-unsaturated/α-hetero) is 1. The van der Waals surface area contributed by atoms with Crippen LogP contribution in [0, 0.1) is 39.4 Å². The van der Waals surface area contributed by atoms with E-state index < -0.39 is 5.41 Å². The predicted octanol–water partition coefficient (Wildman–Crippen LogP) is 4.30. The lowest BCUT2D eigenvalue weighted by Gasteiger charge is -2.69. The zero-order valence-corrected chi connectivity index (χ0v) is 18.1. The van der Waals surface area contributed by atoms with Gasteiger partial charge < -0.3 is 9.84 Å². The van der Waals surface area contributed by atoms with Gasteiger partial charge in [-0.25, -0.2) is 0 Å². The van der Waals surface area contributed by atoms with E-state index >= 15 is 0 Å². The van der Waals surface area contributed by atoms with Crippen LogP contribution >= 0.6 is 0 Å². The van der Waals surface area contributed by atoms with Gasteiger partial charge >= 0.3 is 5.97 Å². The van der Waals surface area contributed by atoms with Crippen LogP contribution in [0.1, 0.15) is 73.1 Å². The highest BCUT2D eigenvalue weighted by molar-refractivity contribution is 5.86. The predicted molar refractivity (Wildman–Crippen MR) is 107 cm³/mol. The van der Waals surface area contributed by atoms with Crippen molar-refractivity contribution in [2.45, 2.75) is 79.2 Å². The second-order valence-electron chi connectivity index (χ2n) is 11.0. The van der Waals surface area contributed by atoms with E-state index in [9.17, 15) is 14.7 Å². The van der Waals surface area contributed by atoms with Gasteiger partial charge in [-0.05, 0) is 67.6 Å². The first-order chi connectivity index (χ1) is 13.0. The SMILES string of the molecule is CC(=O)OC[C@]1(C)C(=O)CC[C@@]2(C)[C@H]1CC[C@]1(C)[C@@H]2CC[C@@H]2C=C[C@H](O)[C@]21C. The van der Waals surface area contributed by atoms with Crippen molar-refractivity contribution in [1.82, 2.24) is 0 Å². The third-order valence-corrected chi connectivity index (χ3v) is 10.1. The molecule has 4 aliphatic carbocycles. The molecule has 4 aliphatic rings. The molecule has 3 saturated carbocycles. The Hall–Kier alpha value is -1.16. The normalized spacial score (nSPS) is 52.6. The maximum Gasteiger partial charge on any atom is 0.302 e. The van der Waals surface area contributed by atoms with Gasteiger partial charge in [0.15, 0.2) is 0 Å². The number of ether oxygens (including phenoxy) is 1. The largest absolute Gasteiger partial charge is 0.465 e. The van der Waals surface area contributed by atoms with Crippen molar-refractivity contribution in [2.75, 3.05) is 6.61 Å². The lowest BCUT2D eigenvalue weighted by Crippen LogP contribution is -2.65. The summed E-state index contributed by atoms with van der Waals surface area (Å²) < 4.78 is 5.41. The summed E-state index contributed by atoms with van der Waals surface area (Å²) in [5, 5.41) is 11.0. The summed E-state index contributed by atoms with van der Waals surface area (Å²) in [6.07, 6.45) is 9.60. The Morgan fingerprint density at radius 2 is 1.82 bits per heavy atom. The summed E-state index contributed by atoms with van der Waals surface area (Å²) >= 11 is 0. The maximum atomic E-state index is 13.0. The number of ketones is 1. The van der Waals surface area contributed by atoms with Crippen molar-refractivity contribution in [3.63, 3.8) is 0 Å². The van der Waals surface area contributed by atoms with Crippen LogP contribution < -0.4 is 0 Å². The van der Waals surface area contributed by atoms with Crippen LogP contribution in [0.3, 0.4) is 0 Å². The van der Waals surface area contributed by atoms with Crippen molar-refractivity contribution in [2.24, 2.45) is 39.4 Å². The number of hydrogen-bond donors (Lipinski definition) is 1. The first-order valence-corrected chi connectivity index (χ1v) is 11.0. The van der Waals surface area contributed by atoms with E-state index in [-0.39, 0.29) is 46.6 Å². The lowest BCUT2D eigenvalue weighted by atomic mass is 9.35. The van der Waals surface area contributed by atoms with Crippen LogP contribution in [0.15, 0.2) is 12.2 Å². The van der Waals surface area contributed by atoms with Gasteiger partial charge in [-0.2, -0.15) is 0 Å². The number of aliphatic hydroxyl groups excluding tert-OH is 1. The van der Waals surface area contributed by atoms with E-state index in [1.807, 2.05) is 13.0 Å². The summed E-state index contributed by atoms with van der Waals surface area (Å²) in [5.74, 6) is 1.09. The molecule has 0 aromatic heterocycles. The van der Waals surface area contributed by atoms with E-state index in [1.165, 1.54) is 6.92 Å². The monoisotopic (exact) mass is 388 g/mol. The van der Waals surface area contributed by atoms with Gasteiger partial charge in [-0.15, -0.1) is 0 Å². The topological polar surface area (TPSA) is 63.6 Å². The fraction of sp³-hybridized carbons (Fsp3) is 0.833. The number of fused-ring (bicyclic) bond motifs is 5. The Kier molecular flexibility index (Phi) is 4.43. The average Bonchev–Trinajstić information content (AvgIpc) is 2.93. The fourth-order valence-corrected chi connectivity index (χ4v) is 8.26. The summed E-state index contributed by atoms with van der Waals surface area (Å²) in [5.41, 5.74) is -0.638. The molecule has 28 heavy (non-hydrogen) atoms. The Bertz CT molecular complexity index is 728. The molecule has 0 bridgehead atoms. The van der Waals surface area contributed by atoms with Crippen molar-refractivity contribution in [3.05, 3.63) is 12.2 Å². The lowest BCUT2D eigenvalue weighted by molar-refractivity contribution is -0.220. The fourth-order valence-electron chi connectivity index (χ4n) is 8.26. The number of rotatable bonds is 2. The van der Waals surface area contributed by atoms with Crippen LogP contribution in [0.25, 0.3) is 0 Å². The van der Waals surface area contributed by atoms with Gasteiger partial charge in [0.2, 0.25) is 0 Å². The van der Waals surface area contributed by atoms with Crippen molar-refractivity contribution in [3.8, 4) is 0 Å². The molecule has 4 heteroatoms. The molecule has 0 unspecified atom stereocenters. The minimum atomic E-state index is -0.593. The Balaban J connectivity index is 1.73. The van der Waals surface area contributed by atoms with Crippen molar-refractivity contribution < 1.29 is 19.4 Å². The van der Waals surface area contributed by atoms with E-state index in [1.54, 1.807) is 0 Å². The molecule has 3 fully saturated rings. The second-order valence-corrected chi connectivity index (χ2v) is 11.0. The number of hydrogen-bond acceptors (Lipinski definition) is 4. The molecular weight excluding hydrogens is 352 g/mol. The van der Waals surface area contributed by atoms with E-state index in [2.05, 4.69) is 26.8 Å². The molecule has 0 aromatic carbocycles. The molecule has 0 saturated heterocycles. The van der Waals surface area contributed by atoms with Gasteiger partial charge in [0.05, 0.1) is 11.5 Å². The molecule has 0 spiro atoms. The zero-order chi connectivity index (χ0) is 20.5. The quantitative estimate of drug-likeness (QED) is 0.566. The van der Waals surface area contributed by atoms with Crippen LogP contribution in [0.5, 0.6) is 0 Å². The standard InChI is InChI=1S/C24H36O4/c1-15(25)28-14-22(3)17-10-13-23(4)18(21(17,2)12-11-19(22)26)8-6-16-7-9-20(27)24(16,23)5/h7,9,16-18,20,27H,6,8,10-14H2,1-5H3/t16-,17-,18-,20+,21+,22+,23-,24+/m1/s1.